The van der Waals surface area contributed by atoms with Crippen molar-refractivity contribution in [3.05, 3.63) is 47.0 Å². The van der Waals surface area contributed by atoms with Crippen molar-refractivity contribution in [3.8, 4) is 0 Å². The van der Waals surface area contributed by atoms with Crippen LogP contribution in [0.25, 0.3) is 0 Å². The van der Waals surface area contributed by atoms with Crippen molar-refractivity contribution in [1.82, 2.24) is 5.32 Å². The van der Waals surface area contributed by atoms with Crippen LogP contribution in [-0.2, 0) is 4.79 Å². The number of carbonyl (C=O) groups excluding carboxylic acids is 1. The monoisotopic (exact) mass is 253 g/mol. The summed E-state index contributed by atoms with van der Waals surface area (Å²) in [6.07, 6.45) is 1.71. The summed E-state index contributed by atoms with van der Waals surface area (Å²) in [5.74, 6) is -0.0576. The molecule has 2 nitrogen and oxygen atoms in total. The molecule has 1 aromatic carbocycles. The summed E-state index contributed by atoms with van der Waals surface area (Å²) >= 11 is 3.35. The second kappa shape index (κ2) is 4.96. The molecule has 0 radical (unpaired) electrons. The number of amides is 1. The molecule has 0 aliphatic heterocycles. The standard InChI is InChI=1S/C11H12BrNO/c1-3-11(13-8(2)14)9-4-6-10(12)7-5-9/h3-7,11H,1H2,2H3,(H,13,14)/t11-/m1/s1. The lowest BCUT2D eigenvalue weighted by Gasteiger charge is -2.13. The normalized spacial score (nSPS) is 11.9. The molecule has 0 spiro atoms. The van der Waals surface area contributed by atoms with Crippen LogP contribution in [0.5, 0.6) is 0 Å². The van der Waals surface area contributed by atoms with E-state index in [4.69, 9.17) is 0 Å². The van der Waals surface area contributed by atoms with Gasteiger partial charge in [0.15, 0.2) is 0 Å². The fraction of sp³-hybridized carbons (Fsp3) is 0.182. The van der Waals surface area contributed by atoms with Gasteiger partial charge in [0.25, 0.3) is 0 Å². The number of nitrogens with one attached hydrogen (secondary N) is 1. The van der Waals surface area contributed by atoms with Crippen LogP contribution in [0, 0.1) is 0 Å². The summed E-state index contributed by atoms with van der Waals surface area (Å²) in [7, 11) is 0. The molecule has 0 aliphatic carbocycles. The van der Waals surface area contributed by atoms with Gasteiger partial charge in [-0.05, 0) is 17.7 Å². The fourth-order valence-corrected chi connectivity index (χ4v) is 1.43. The van der Waals surface area contributed by atoms with Crippen molar-refractivity contribution < 1.29 is 4.79 Å². The Balaban J connectivity index is 2.84. The number of hydrogen-bond donors (Lipinski definition) is 1. The van der Waals surface area contributed by atoms with Crippen molar-refractivity contribution in [1.29, 1.82) is 0 Å². The highest BCUT2D eigenvalue weighted by molar-refractivity contribution is 9.10. The average molecular weight is 254 g/mol. The molecule has 0 saturated carbocycles. The number of carbonyl (C=O) groups is 1. The van der Waals surface area contributed by atoms with Crippen LogP contribution in [0.1, 0.15) is 18.5 Å². The van der Waals surface area contributed by atoms with Gasteiger partial charge in [-0.15, -0.1) is 6.58 Å². The summed E-state index contributed by atoms with van der Waals surface area (Å²) in [5.41, 5.74) is 1.03. The largest absolute Gasteiger partial charge is 0.346 e. The maximum absolute atomic E-state index is 10.9. The zero-order valence-electron chi connectivity index (χ0n) is 7.96. The minimum absolute atomic E-state index is 0.0576. The molecule has 0 bridgehead atoms. The molecule has 1 amide bonds. The van der Waals surface area contributed by atoms with E-state index >= 15 is 0 Å². The molecule has 0 fully saturated rings. The number of halogens is 1. The molecule has 14 heavy (non-hydrogen) atoms. The Bertz CT molecular complexity index is 332. The molecular weight excluding hydrogens is 242 g/mol. The first-order valence-electron chi connectivity index (χ1n) is 4.28. The van der Waals surface area contributed by atoms with Crippen molar-refractivity contribution in [2.24, 2.45) is 0 Å². The van der Waals surface area contributed by atoms with E-state index in [0.29, 0.717) is 0 Å². The Morgan fingerprint density at radius 1 is 1.50 bits per heavy atom. The van der Waals surface area contributed by atoms with Crippen molar-refractivity contribution in [2.45, 2.75) is 13.0 Å². The zero-order chi connectivity index (χ0) is 10.6. The molecule has 3 heteroatoms. The molecule has 1 atom stereocenters. The van der Waals surface area contributed by atoms with Gasteiger partial charge in [-0.3, -0.25) is 4.79 Å². The van der Waals surface area contributed by atoms with Gasteiger partial charge < -0.3 is 5.32 Å². The number of hydrogen-bond acceptors (Lipinski definition) is 1. The molecule has 74 valence electrons. The fourth-order valence-electron chi connectivity index (χ4n) is 1.17. The highest BCUT2D eigenvalue weighted by atomic mass is 79.9. The second-order valence-electron chi connectivity index (χ2n) is 2.97. The van der Waals surface area contributed by atoms with E-state index < -0.39 is 0 Å². The average Bonchev–Trinajstić information content (AvgIpc) is 2.15. The summed E-state index contributed by atoms with van der Waals surface area (Å²) in [4.78, 5) is 10.9. The van der Waals surface area contributed by atoms with Gasteiger partial charge in [0.1, 0.15) is 0 Å². The lowest BCUT2D eigenvalue weighted by molar-refractivity contribution is -0.119. The Hall–Kier alpha value is -1.09. The van der Waals surface area contributed by atoms with Gasteiger partial charge in [-0.25, -0.2) is 0 Å². The third kappa shape index (κ3) is 3.00. The van der Waals surface area contributed by atoms with Gasteiger partial charge in [-0.1, -0.05) is 34.1 Å². The van der Waals surface area contributed by atoms with E-state index in [2.05, 4.69) is 27.8 Å². The third-order valence-corrected chi connectivity index (χ3v) is 2.35. The van der Waals surface area contributed by atoms with Crippen molar-refractivity contribution in [2.75, 3.05) is 0 Å². The van der Waals surface area contributed by atoms with Crippen LogP contribution in [0.4, 0.5) is 0 Å². The van der Waals surface area contributed by atoms with Crippen LogP contribution in [0.15, 0.2) is 41.4 Å². The van der Waals surface area contributed by atoms with E-state index in [9.17, 15) is 4.79 Å². The molecule has 1 N–H and O–H groups in total. The molecule has 0 unspecified atom stereocenters. The molecule has 1 aromatic rings. The predicted molar refractivity (Wildman–Crippen MR) is 60.9 cm³/mol. The quantitative estimate of drug-likeness (QED) is 0.825. The van der Waals surface area contributed by atoms with Crippen LogP contribution in [-0.4, -0.2) is 5.91 Å². The highest BCUT2D eigenvalue weighted by Crippen LogP contribution is 2.17. The first-order valence-corrected chi connectivity index (χ1v) is 5.08. The first kappa shape index (κ1) is 11.0. The molecule has 0 saturated heterocycles. The van der Waals surface area contributed by atoms with Gasteiger partial charge in [0.05, 0.1) is 6.04 Å². The van der Waals surface area contributed by atoms with Gasteiger partial charge in [0, 0.05) is 11.4 Å². The summed E-state index contributed by atoms with van der Waals surface area (Å²) < 4.78 is 1.02. The second-order valence-corrected chi connectivity index (χ2v) is 3.88. The lowest BCUT2D eigenvalue weighted by Crippen LogP contribution is -2.24. The SMILES string of the molecule is C=C[C@@H](NC(C)=O)c1ccc(Br)cc1. The maximum Gasteiger partial charge on any atom is 0.217 e. The number of rotatable bonds is 3. The van der Waals surface area contributed by atoms with Crippen LogP contribution < -0.4 is 5.32 Å². The first-order chi connectivity index (χ1) is 6.63. The van der Waals surface area contributed by atoms with E-state index in [1.165, 1.54) is 6.92 Å². The summed E-state index contributed by atoms with van der Waals surface area (Å²) in [5, 5.41) is 2.79. The van der Waals surface area contributed by atoms with Crippen LogP contribution in [0.3, 0.4) is 0 Å². The molecule has 0 heterocycles. The van der Waals surface area contributed by atoms with E-state index in [-0.39, 0.29) is 11.9 Å². The Morgan fingerprint density at radius 2 is 2.07 bits per heavy atom. The molecular formula is C11H12BrNO. The van der Waals surface area contributed by atoms with Gasteiger partial charge in [0.2, 0.25) is 5.91 Å². The highest BCUT2D eigenvalue weighted by Gasteiger charge is 2.07. The minimum atomic E-state index is -0.111. The minimum Gasteiger partial charge on any atom is -0.346 e. The van der Waals surface area contributed by atoms with Crippen molar-refractivity contribution >= 4 is 21.8 Å². The zero-order valence-corrected chi connectivity index (χ0v) is 9.54. The number of benzene rings is 1. The smallest absolute Gasteiger partial charge is 0.217 e. The predicted octanol–water partition coefficient (Wildman–Crippen LogP) is 2.81. The van der Waals surface area contributed by atoms with E-state index in [0.717, 1.165) is 10.0 Å². The third-order valence-electron chi connectivity index (χ3n) is 1.82. The maximum atomic E-state index is 10.9. The Morgan fingerprint density at radius 3 is 2.50 bits per heavy atom. The molecule has 0 aromatic heterocycles. The Labute approximate surface area is 92.1 Å². The molecule has 0 aliphatic rings. The summed E-state index contributed by atoms with van der Waals surface area (Å²) in [6, 6.07) is 7.67. The van der Waals surface area contributed by atoms with Crippen LogP contribution >= 0.6 is 15.9 Å². The lowest BCUT2D eigenvalue weighted by atomic mass is 10.1. The van der Waals surface area contributed by atoms with Crippen molar-refractivity contribution in [3.63, 3.8) is 0 Å². The topological polar surface area (TPSA) is 29.1 Å². The van der Waals surface area contributed by atoms with Gasteiger partial charge >= 0.3 is 0 Å². The van der Waals surface area contributed by atoms with Crippen LogP contribution in [0.2, 0.25) is 0 Å². The van der Waals surface area contributed by atoms with E-state index in [1.807, 2.05) is 24.3 Å². The molecule has 1 rings (SSSR count). The summed E-state index contributed by atoms with van der Waals surface area (Å²) in [6.45, 7) is 5.18. The van der Waals surface area contributed by atoms with Gasteiger partial charge in [-0.2, -0.15) is 0 Å². The Kier molecular flexibility index (Phi) is 3.89. The van der Waals surface area contributed by atoms with E-state index in [1.54, 1.807) is 6.08 Å².